The van der Waals surface area contributed by atoms with E-state index in [0.717, 1.165) is 22.2 Å². The summed E-state index contributed by atoms with van der Waals surface area (Å²) in [6.45, 7) is -0.208. The molecule has 0 bridgehead atoms. The number of non-ortho nitro benzene ring substituents is 1. The van der Waals surface area contributed by atoms with Gasteiger partial charge in [0.25, 0.3) is 16.8 Å². The molecule has 194 valence electrons. The Balaban J connectivity index is 1.37. The highest BCUT2D eigenvalue weighted by Crippen LogP contribution is 2.34. The zero-order valence-corrected chi connectivity index (χ0v) is 22.3. The molecule has 12 heteroatoms. The normalized spacial score (nSPS) is 14.1. The van der Waals surface area contributed by atoms with Gasteiger partial charge < -0.3 is 14.8 Å². The van der Waals surface area contributed by atoms with Crippen molar-refractivity contribution in [1.29, 1.82) is 0 Å². The number of imide groups is 1. The minimum atomic E-state index is -0.556. The van der Waals surface area contributed by atoms with Crippen LogP contribution < -0.4 is 14.8 Å². The summed E-state index contributed by atoms with van der Waals surface area (Å²) in [5.74, 6) is 0.106. The van der Waals surface area contributed by atoms with Gasteiger partial charge in [0.2, 0.25) is 5.91 Å². The third-order valence-corrected chi connectivity index (χ3v) is 6.87. The number of hydrogen-bond acceptors (Lipinski definition) is 8. The van der Waals surface area contributed by atoms with Gasteiger partial charge in [0.1, 0.15) is 24.7 Å². The lowest BCUT2D eigenvalue weighted by Gasteiger charge is -2.12. The van der Waals surface area contributed by atoms with Gasteiger partial charge in [0.15, 0.2) is 0 Å². The number of carbonyl (C=O) groups excluding carboxylic acids is 3. The van der Waals surface area contributed by atoms with Gasteiger partial charge in [-0.2, -0.15) is 0 Å². The number of ether oxygens (including phenoxy) is 2. The average Bonchev–Trinajstić information content (AvgIpc) is 3.16. The van der Waals surface area contributed by atoms with E-state index in [0.29, 0.717) is 27.2 Å². The summed E-state index contributed by atoms with van der Waals surface area (Å²) < 4.78 is 11.5. The van der Waals surface area contributed by atoms with E-state index in [1.807, 2.05) is 0 Å². The molecule has 3 aromatic rings. The molecular formula is C26H20BrN3O7S. The second-order valence-corrected chi connectivity index (χ2v) is 9.79. The van der Waals surface area contributed by atoms with E-state index in [-0.39, 0.29) is 17.2 Å². The van der Waals surface area contributed by atoms with Crippen molar-refractivity contribution in [1.82, 2.24) is 4.90 Å². The number of rotatable bonds is 9. The first-order chi connectivity index (χ1) is 18.2. The number of nitro groups is 1. The molecular weight excluding hydrogens is 578 g/mol. The van der Waals surface area contributed by atoms with Gasteiger partial charge in [-0.1, -0.05) is 6.07 Å². The van der Waals surface area contributed by atoms with Gasteiger partial charge in [-0.25, -0.2) is 0 Å². The van der Waals surface area contributed by atoms with Gasteiger partial charge in [0, 0.05) is 17.8 Å². The molecule has 38 heavy (non-hydrogen) atoms. The summed E-state index contributed by atoms with van der Waals surface area (Å²) in [5, 5.41) is 12.9. The van der Waals surface area contributed by atoms with Crippen LogP contribution in [-0.2, 0) is 16.2 Å². The molecule has 4 rings (SSSR count). The van der Waals surface area contributed by atoms with Crippen LogP contribution in [0.25, 0.3) is 6.08 Å². The molecule has 0 unspecified atom stereocenters. The smallest absolute Gasteiger partial charge is 0.294 e. The molecule has 1 aliphatic rings. The van der Waals surface area contributed by atoms with Crippen molar-refractivity contribution >= 4 is 62.2 Å². The highest BCUT2D eigenvalue weighted by Gasteiger charge is 2.36. The number of nitrogens with zero attached hydrogens (tertiary/aromatic N) is 2. The number of halogens is 1. The Morgan fingerprint density at radius 3 is 2.45 bits per heavy atom. The predicted octanol–water partition coefficient (Wildman–Crippen LogP) is 5.62. The maximum absolute atomic E-state index is 12.8. The zero-order chi connectivity index (χ0) is 27.2. The van der Waals surface area contributed by atoms with Crippen LogP contribution in [-0.4, -0.2) is 40.5 Å². The topological polar surface area (TPSA) is 128 Å². The molecule has 0 spiro atoms. The SMILES string of the molecule is COc1ccc(NC(=O)CN2C(=O)S/C(=C/c3ccc(OCc4ccc([N+](=O)[O-])cc4)c(Br)c3)C2=O)cc1. The largest absolute Gasteiger partial charge is 0.497 e. The van der Waals surface area contributed by atoms with Crippen molar-refractivity contribution in [2.24, 2.45) is 0 Å². The van der Waals surface area contributed by atoms with Crippen molar-refractivity contribution in [3.05, 3.63) is 97.3 Å². The number of nitrogens with one attached hydrogen (secondary N) is 1. The molecule has 0 atom stereocenters. The van der Waals surface area contributed by atoms with E-state index in [1.165, 1.54) is 19.2 Å². The minimum Gasteiger partial charge on any atom is -0.497 e. The molecule has 1 fully saturated rings. The number of anilines is 1. The Kier molecular flexibility index (Phi) is 8.44. The lowest BCUT2D eigenvalue weighted by atomic mass is 10.2. The number of thioether (sulfide) groups is 1. The summed E-state index contributed by atoms with van der Waals surface area (Å²) >= 11 is 4.20. The molecule has 1 saturated heterocycles. The van der Waals surface area contributed by atoms with Gasteiger partial charge in [-0.05, 0) is 93.4 Å². The molecule has 1 N–H and O–H groups in total. The van der Waals surface area contributed by atoms with E-state index in [9.17, 15) is 24.5 Å². The van der Waals surface area contributed by atoms with Gasteiger partial charge in [0.05, 0.1) is 21.4 Å². The van der Waals surface area contributed by atoms with Crippen molar-refractivity contribution in [3.8, 4) is 11.5 Å². The van der Waals surface area contributed by atoms with Gasteiger partial charge >= 0.3 is 0 Å². The number of nitro benzene ring substituents is 1. The maximum atomic E-state index is 12.8. The first kappa shape index (κ1) is 26.9. The quantitative estimate of drug-likeness (QED) is 0.191. The van der Waals surface area contributed by atoms with Crippen LogP contribution in [0.2, 0.25) is 0 Å². The third-order valence-electron chi connectivity index (χ3n) is 5.34. The second kappa shape index (κ2) is 11.9. The van der Waals surface area contributed by atoms with Crippen molar-refractivity contribution in [3.63, 3.8) is 0 Å². The first-order valence-electron chi connectivity index (χ1n) is 11.1. The standard InChI is InChI=1S/C26H20BrN3O7S/c1-36-20-9-5-18(6-10-20)28-24(31)14-29-25(32)23(38-26(29)33)13-17-4-11-22(21(27)12-17)37-15-16-2-7-19(8-3-16)30(34)35/h2-13H,14-15H2,1H3,(H,28,31)/b23-13+. The number of carbonyl (C=O) groups is 3. The van der Waals surface area contributed by atoms with Crippen molar-refractivity contribution in [2.75, 3.05) is 19.0 Å². The van der Waals surface area contributed by atoms with Crippen LogP contribution in [0, 0.1) is 10.1 Å². The predicted molar refractivity (Wildman–Crippen MR) is 146 cm³/mol. The van der Waals surface area contributed by atoms with Crippen LogP contribution in [0.15, 0.2) is 76.1 Å². The van der Waals surface area contributed by atoms with E-state index in [4.69, 9.17) is 9.47 Å². The summed E-state index contributed by atoms with van der Waals surface area (Å²) in [5.41, 5.74) is 1.92. The van der Waals surface area contributed by atoms with Crippen LogP contribution in [0.1, 0.15) is 11.1 Å². The van der Waals surface area contributed by atoms with Crippen molar-refractivity contribution < 1.29 is 28.8 Å². The second-order valence-electron chi connectivity index (χ2n) is 7.95. The Labute approximate surface area is 229 Å². The Hall–Kier alpha value is -4.16. The van der Waals surface area contributed by atoms with Crippen LogP contribution in [0.4, 0.5) is 16.2 Å². The van der Waals surface area contributed by atoms with Crippen LogP contribution in [0.3, 0.4) is 0 Å². The summed E-state index contributed by atoms with van der Waals surface area (Å²) in [7, 11) is 1.53. The monoisotopic (exact) mass is 597 g/mol. The van der Waals surface area contributed by atoms with E-state index in [2.05, 4.69) is 21.2 Å². The Morgan fingerprint density at radius 2 is 1.82 bits per heavy atom. The van der Waals surface area contributed by atoms with E-state index < -0.39 is 28.5 Å². The minimum absolute atomic E-state index is 0.00145. The molecule has 1 heterocycles. The summed E-state index contributed by atoms with van der Waals surface area (Å²) in [6.07, 6.45) is 1.57. The Morgan fingerprint density at radius 1 is 1.11 bits per heavy atom. The lowest BCUT2D eigenvalue weighted by Crippen LogP contribution is -2.36. The lowest BCUT2D eigenvalue weighted by molar-refractivity contribution is -0.384. The number of amides is 3. The van der Waals surface area contributed by atoms with Crippen LogP contribution in [0.5, 0.6) is 11.5 Å². The molecule has 10 nitrogen and oxygen atoms in total. The molecule has 0 aromatic heterocycles. The summed E-state index contributed by atoms with van der Waals surface area (Å²) in [4.78, 5) is 49.0. The molecule has 0 radical (unpaired) electrons. The number of methoxy groups -OCH3 is 1. The van der Waals surface area contributed by atoms with Crippen molar-refractivity contribution in [2.45, 2.75) is 6.61 Å². The first-order valence-corrected chi connectivity index (χ1v) is 12.7. The average molecular weight is 598 g/mol. The highest BCUT2D eigenvalue weighted by atomic mass is 79.9. The number of benzene rings is 3. The fourth-order valence-electron chi connectivity index (χ4n) is 3.41. The van der Waals surface area contributed by atoms with E-state index in [1.54, 1.807) is 60.7 Å². The summed E-state index contributed by atoms with van der Waals surface area (Å²) in [6, 6.07) is 17.9. The third kappa shape index (κ3) is 6.58. The molecule has 3 amide bonds. The molecule has 0 aliphatic carbocycles. The highest BCUT2D eigenvalue weighted by molar-refractivity contribution is 9.10. The Bertz CT molecular complexity index is 1430. The van der Waals surface area contributed by atoms with Gasteiger partial charge in [-0.15, -0.1) is 0 Å². The van der Waals surface area contributed by atoms with E-state index >= 15 is 0 Å². The zero-order valence-electron chi connectivity index (χ0n) is 19.9. The molecule has 1 aliphatic heterocycles. The maximum Gasteiger partial charge on any atom is 0.294 e. The molecule has 3 aromatic carbocycles. The fraction of sp³-hybridized carbons (Fsp3) is 0.115. The van der Waals surface area contributed by atoms with Gasteiger partial charge in [-0.3, -0.25) is 29.4 Å². The number of hydrogen-bond donors (Lipinski definition) is 1. The fourth-order valence-corrected chi connectivity index (χ4v) is 4.75. The molecule has 0 saturated carbocycles. The van der Waals surface area contributed by atoms with Crippen LogP contribution >= 0.6 is 27.7 Å².